The maximum Gasteiger partial charge on any atom is 0.243 e. The van der Waals surface area contributed by atoms with Crippen molar-refractivity contribution in [2.24, 2.45) is 4.99 Å². The Kier molecular flexibility index (Phi) is 9.54. The lowest BCUT2D eigenvalue weighted by molar-refractivity contribution is 0.0211. The summed E-state index contributed by atoms with van der Waals surface area (Å²) in [5.41, 5.74) is 0.958. The minimum absolute atomic E-state index is 0.0899. The van der Waals surface area contributed by atoms with E-state index < -0.39 is 10.0 Å². The van der Waals surface area contributed by atoms with Crippen LogP contribution >= 0.6 is 0 Å². The van der Waals surface area contributed by atoms with Crippen LogP contribution < -0.4 is 10.6 Å². The summed E-state index contributed by atoms with van der Waals surface area (Å²) >= 11 is 0. The average molecular weight is 440 g/mol. The molecule has 0 bridgehead atoms. The summed E-state index contributed by atoms with van der Waals surface area (Å²) < 4.78 is 32.0. The zero-order chi connectivity index (χ0) is 22.1. The highest BCUT2D eigenvalue weighted by Crippen LogP contribution is 2.17. The third-order valence-corrected chi connectivity index (χ3v) is 7.37. The van der Waals surface area contributed by atoms with E-state index in [1.807, 2.05) is 32.9 Å². The number of aliphatic imine (C=N–C) groups is 1. The molecule has 0 aliphatic carbocycles. The van der Waals surface area contributed by atoms with Gasteiger partial charge in [-0.25, -0.2) is 13.4 Å². The quantitative estimate of drug-likeness (QED) is 0.448. The summed E-state index contributed by atoms with van der Waals surface area (Å²) in [5, 5.41) is 6.67. The Morgan fingerprint density at radius 2 is 1.80 bits per heavy atom. The molecule has 0 radical (unpaired) electrons. The molecule has 9 heteroatoms. The molecule has 1 heterocycles. The van der Waals surface area contributed by atoms with Gasteiger partial charge in [-0.2, -0.15) is 4.31 Å². The van der Waals surface area contributed by atoms with Gasteiger partial charge in [0.05, 0.1) is 24.7 Å². The van der Waals surface area contributed by atoms with Gasteiger partial charge in [0.2, 0.25) is 10.0 Å². The molecule has 2 rings (SSSR count). The van der Waals surface area contributed by atoms with Crippen molar-refractivity contribution < 1.29 is 13.2 Å². The first-order valence-electron chi connectivity index (χ1n) is 10.7. The summed E-state index contributed by atoms with van der Waals surface area (Å²) in [6.07, 6.45) is 0. The predicted octanol–water partition coefficient (Wildman–Crippen LogP) is 1.49. The van der Waals surface area contributed by atoms with Gasteiger partial charge in [-0.1, -0.05) is 12.1 Å². The Hall–Kier alpha value is -1.68. The number of nitrogens with one attached hydrogen (secondary N) is 2. The number of rotatable bonds is 9. The van der Waals surface area contributed by atoms with Crippen molar-refractivity contribution in [2.75, 3.05) is 46.4 Å². The molecule has 0 aromatic heterocycles. The Bertz CT molecular complexity index is 774. The van der Waals surface area contributed by atoms with Crippen molar-refractivity contribution in [1.82, 2.24) is 19.8 Å². The molecule has 1 aromatic rings. The molecule has 30 heavy (non-hydrogen) atoms. The molecule has 8 nitrogen and oxygen atoms in total. The number of morpholine rings is 1. The van der Waals surface area contributed by atoms with Gasteiger partial charge in [0.25, 0.3) is 0 Å². The Labute approximate surface area is 181 Å². The van der Waals surface area contributed by atoms with E-state index in [0.717, 1.165) is 50.9 Å². The van der Waals surface area contributed by atoms with Gasteiger partial charge in [0, 0.05) is 45.3 Å². The Morgan fingerprint density at radius 1 is 1.17 bits per heavy atom. The van der Waals surface area contributed by atoms with Gasteiger partial charge in [-0.3, -0.25) is 4.90 Å². The van der Waals surface area contributed by atoms with Gasteiger partial charge in [0.1, 0.15) is 0 Å². The Morgan fingerprint density at radius 3 is 2.37 bits per heavy atom. The summed E-state index contributed by atoms with van der Waals surface area (Å²) in [5.74, 6) is 0.758. The fourth-order valence-electron chi connectivity index (χ4n) is 3.11. The molecule has 1 atom stereocenters. The van der Waals surface area contributed by atoms with E-state index in [1.54, 1.807) is 19.2 Å². The standard InChI is InChI=1S/C21H37N5O3S/c1-6-22-21(23-15-18(4)26-11-13-29-14-12-26)24-16-19-7-9-20(10-8-19)30(27,28)25(5)17(2)3/h7-10,17-18H,6,11-16H2,1-5H3,(H2,22,23,24). The lowest BCUT2D eigenvalue weighted by Crippen LogP contribution is -2.49. The van der Waals surface area contributed by atoms with Crippen molar-refractivity contribution in [2.45, 2.75) is 51.2 Å². The molecule has 1 aliphatic rings. The monoisotopic (exact) mass is 439 g/mol. The highest BCUT2D eigenvalue weighted by Gasteiger charge is 2.22. The van der Waals surface area contributed by atoms with Crippen LogP contribution in [0.2, 0.25) is 0 Å². The van der Waals surface area contributed by atoms with Crippen LogP contribution in [0.1, 0.15) is 33.3 Å². The third-order valence-electron chi connectivity index (χ3n) is 5.33. The molecule has 2 N–H and O–H groups in total. The number of sulfonamides is 1. The van der Waals surface area contributed by atoms with E-state index in [4.69, 9.17) is 4.74 Å². The second-order valence-electron chi connectivity index (χ2n) is 7.83. The summed E-state index contributed by atoms with van der Waals surface area (Å²) in [6.45, 7) is 13.5. The van der Waals surface area contributed by atoms with Gasteiger partial charge in [0.15, 0.2) is 5.96 Å². The zero-order valence-electron chi connectivity index (χ0n) is 18.9. The minimum Gasteiger partial charge on any atom is -0.379 e. The second-order valence-corrected chi connectivity index (χ2v) is 9.83. The first-order valence-corrected chi connectivity index (χ1v) is 12.1. The van der Waals surface area contributed by atoms with E-state index in [0.29, 0.717) is 17.5 Å². The number of guanidine groups is 1. The lowest BCUT2D eigenvalue weighted by Gasteiger charge is -2.32. The van der Waals surface area contributed by atoms with Crippen LogP contribution in [0.15, 0.2) is 34.2 Å². The topological polar surface area (TPSA) is 86.3 Å². The van der Waals surface area contributed by atoms with E-state index in [-0.39, 0.29) is 6.04 Å². The molecule has 1 saturated heterocycles. The van der Waals surface area contributed by atoms with Crippen LogP contribution in [0.3, 0.4) is 0 Å². The number of benzene rings is 1. The number of hydrogen-bond donors (Lipinski definition) is 2. The maximum absolute atomic E-state index is 12.6. The van der Waals surface area contributed by atoms with Gasteiger partial charge < -0.3 is 15.4 Å². The molecular weight excluding hydrogens is 402 g/mol. The number of ether oxygens (including phenoxy) is 1. The lowest BCUT2D eigenvalue weighted by atomic mass is 10.2. The summed E-state index contributed by atoms with van der Waals surface area (Å²) in [6, 6.07) is 7.25. The fraction of sp³-hybridized carbons (Fsp3) is 0.667. The highest BCUT2D eigenvalue weighted by molar-refractivity contribution is 7.89. The van der Waals surface area contributed by atoms with Gasteiger partial charge in [-0.05, 0) is 45.4 Å². The maximum atomic E-state index is 12.6. The normalized spacial score (nSPS) is 17.4. The predicted molar refractivity (Wildman–Crippen MR) is 121 cm³/mol. The third kappa shape index (κ3) is 6.94. The molecule has 1 fully saturated rings. The van der Waals surface area contributed by atoms with Crippen molar-refractivity contribution in [1.29, 1.82) is 0 Å². The smallest absolute Gasteiger partial charge is 0.243 e. The first kappa shape index (κ1) is 24.6. The Balaban J connectivity index is 1.97. The van der Waals surface area contributed by atoms with Gasteiger partial charge in [-0.15, -0.1) is 0 Å². The number of nitrogens with zero attached hydrogens (tertiary/aromatic N) is 3. The zero-order valence-corrected chi connectivity index (χ0v) is 19.7. The van der Waals surface area contributed by atoms with Crippen LogP contribution in [-0.4, -0.2) is 82.1 Å². The number of hydrogen-bond acceptors (Lipinski definition) is 5. The SMILES string of the molecule is CCNC(=NCc1ccc(S(=O)(=O)N(C)C(C)C)cc1)NCC(C)N1CCOCC1. The van der Waals surface area contributed by atoms with Crippen molar-refractivity contribution in [3.8, 4) is 0 Å². The molecule has 1 unspecified atom stereocenters. The first-order chi connectivity index (χ1) is 14.3. The minimum atomic E-state index is -3.46. The second kappa shape index (κ2) is 11.6. The van der Waals surface area contributed by atoms with Crippen LogP contribution in [-0.2, 0) is 21.3 Å². The molecule has 0 saturated carbocycles. The fourth-order valence-corrected chi connectivity index (χ4v) is 4.48. The molecule has 0 spiro atoms. The highest BCUT2D eigenvalue weighted by atomic mass is 32.2. The van der Waals surface area contributed by atoms with Crippen molar-refractivity contribution in [3.05, 3.63) is 29.8 Å². The average Bonchev–Trinajstić information content (AvgIpc) is 2.75. The van der Waals surface area contributed by atoms with E-state index in [2.05, 4.69) is 27.4 Å². The summed E-state index contributed by atoms with van der Waals surface area (Å²) in [7, 11) is -1.86. The molecule has 170 valence electrons. The van der Waals surface area contributed by atoms with Crippen LogP contribution in [0.25, 0.3) is 0 Å². The van der Waals surface area contributed by atoms with E-state index >= 15 is 0 Å². The largest absolute Gasteiger partial charge is 0.379 e. The molecule has 1 aromatic carbocycles. The van der Waals surface area contributed by atoms with E-state index in [1.165, 1.54) is 4.31 Å². The van der Waals surface area contributed by atoms with Crippen molar-refractivity contribution >= 4 is 16.0 Å². The molecule has 1 aliphatic heterocycles. The van der Waals surface area contributed by atoms with Gasteiger partial charge >= 0.3 is 0 Å². The van der Waals surface area contributed by atoms with Crippen LogP contribution in [0, 0.1) is 0 Å². The van der Waals surface area contributed by atoms with E-state index in [9.17, 15) is 8.42 Å². The van der Waals surface area contributed by atoms with Crippen molar-refractivity contribution in [3.63, 3.8) is 0 Å². The van der Waals surface area contributed by atoms with Crippen LogP contribution in [0.5, 0.6) is 0 Å². The van der Waals surface area contributed by atoms with Crippen LogP contribution in [0.4, 0.5) is 0 Å². The summed E-state index contributed by atoms with van der Waals surface area (Å²) in [4.78, 5) is 7.36. The molecular formula is C21H37N5O3S. The molecule has 0 amide bonds.